The van der Waals surface area contributed by atoms with Gasteiger partial charge in [-0.3, -0.25) is 14.6 Å². The highest BCUT2D eigenvalue weighted by molar-refractivity contribution is 7.17. The molecule has 0 atom stereocenters. The number of carbonyl (C=O) groups excluding carboxylic acids is 2. The Balaban J connectivity index is 1.11. The van der Waals surface area contributed by atoms with Crippen molar-refractivity contribution in [1.82, 2.24) is 10.3 Å². The molecular weight excluding hydrogens is 792 g/mol. The number of carbonyl (C=O) groups is 2. The predicted molar refractivity (Wildman–Crippen MR) is 217 cm³/mol. The molecule has 0 saturated carbocycles. The number of fused-ring (bicyclic) bond motifs is 1. The molecule has 2 aromatic carbocycles. The van der Waals surface area contributed by atoms with Gasteiger partial charge in [-0.25, -0.2) is 0 Å². The fourth-order valence-electron chi connectivity index (χ4n) is 6.28. The van der Waals surface area contributed by atoms with E-state index < -0.39 is 17.6 Å². The number of nitrogens with one attached hydrogen (secondary N) is 2. The van der Waals surface area contributed by atoms with E-state index in [1.807, 2.05) is 0 Å². The average Bonchev–Trinajstić information content (AvgIpc) is 3.56. The van der Waals surface area contributed by atoms with Crippen molar-refractivity contribution in [1.29, 1.82) is 0 Å². The molecule has 1 aliphatic rings. The lowest BCUT2D eigenvalue weighted by molar-refractivity contribution is -0.137. The number of aliphatic hydroxyl groups is 1. The number of pyridine rings is 1. The second-order valence-electron chi connectivity index (χ2n) is 14.5. The molecule has 0 spiro atoms. The molecule has 59 heavy (non-hydrogen) atoms. The number of hydrogen-bond donors (Lipinski definition) is 3. The molecular formula is C43H52F3N3O9S. The third-order valence-corrected chi connectivity index (χ3v) is 10.5. The molecule has 12 nitrogen and oxygen atoms in total. The Hall–Kier alpha value is -4.42. The maximum Gasteiger partial charge on any atom is 0.416 e. The van der Waals surface area contributed by atoms with E-state index in [1.165, 1.54) is 29.7 Å². The van der Waals surface area contributed by atoms with Gasteiger partial charge in [-0.05, 0) is 78.3 Å². The van der Waals surface area contributed by atoms with Crippen LogP contribution >= 0.6 is 11.3 Å². The predicted octanol–water partition coefficient (Wildman–Crippen LogP) is 6.98. The van der Waals surface area contributed by atoms with E-state index in [2.05, 4.69) is 29.5 Å². The van der Waals surface area contributed by atoms with Crippen molar-refractivity contribution >= 4 is 28.2 Å². The molecule has 0 radical (unpaired) electrons. The molecule has 3 N–H and O–H groups in total. The normalized spacial score (nSPS) is 13.5. The lowest BCUT2D eigenvalue weighted by Crippen LogP contribution is -2.23. The molecule has 0 aliphatic heterocycles. The lowest BCUT2D eigenvalue weighted by Gasteiger charge is -2.29. The molecule has 2 heterocycles. The number of ether oxygens (including phenoxy) is 6. The number of aromatic nitrogens is 1. The van der Waals surface area contributed by atoms with E-state index in [0.29, 0.717) is 99.2 Å². The second kappa shape index (κ2) is 22.8. The average molecular weight is 844 g/mol. The summed E-state index contributed by atoms with van der Waals surface area (Å²) in [6.07, 6.45) is -0.448. The second-order valence-corrected chi connectivity index (χ2v) is 15.6. The number of aliphatic hydroxyl groups excluding tert-OH is 1. The van der Waals surface area contributed by atoms with Crippen LogP contribution in [-0.2, 0) is 49.2 Å². The summed E-state index contributed by atoms with van der Waals surface area (Å²) < 4.78 is 72.6. The third kappa shape index (κ3) is 14.7. The van der Waals surface area contributed by atoms with Crippen molar-refractivity contribution in [3.8, 4) is 17.0 Å². The quantitative estimate of drug-likeness (QED) is 0.0632. The first-order valence-corrected chi connectivity index (χ1v) is 20.3. The molecule has 0 bridgehead atoms. The van der Waals surface area contributed by atoms with Crippen molar-refractivity contribution in [3.05, 3.63) is 99.6 Å². The summed E-state index contributed by atoms with van der Waals surface area (Å²) in [5.41, 5.74) is 2.64. The van der Waals surface area contributed by atoms with E-state index in [0.717, 1.165) is 47.4 Å². The molecule has 1 aliphatic carbocycles. The number of benzene rings is 2. The molecule has 0 unspecified atom stereocenters. The molecule has 0 fully saturated rings. The number of amides is 2. The number of rotatable bonds is 24. The number of nitrogens with zero attached hydrogens (tertiary/aromatic N) is 1. The molecule has 16 heteroatoms. The Bertz CT molecular complexity index is 1960. The highest BCUT2D eigenvalue weighted by atomic mass is 32.1. The monoisotopic (exact) mass is 843 g/mol. The van der Waals surface area contributed by atoms with Gasteiger partial charge in [-0.2, -0.15) is 13.2 Å². The minimum absolute atomic E-state index is 0.00577. The zero-order valence-electron chi connectivity index (χ0n) is 33.4. The summed E-state index contributed by atoms with van der Waals surface area (Å²) in [6, 6.07) is 14.9. The van der Waals surface area contributed by atoms with Crippen molar-refractivity contribution in [2.45, 2.75) is 45.8 Å². The highest BCUT2D eigenvalue weighted by Crippen LogP contribution is 2.47. The number of hydrogen-bond acceptors (Lipinski definition) is 11. The third-order valence-electron chi connectivity index (χ3n) is 9.31. The van der Waals surface area contributed by atoms with Gasteiger partial charge in [0.15, 0.2) is 0 Å². The molecule has 5 rings (SSSR count). The first-order valence-electron chi connectivity index (χ1n) is 19.5. The first kappa shape index (κ1) is 45.7. The first-order chi connectivity index (χ1) is 28.4. The van der Waals surface area contributed by atoms with Crippen LogP contribution in [0.25, 0.3) is 11.3 Å². The van der Waals surface area contributed by atoms with Crippen LogP contribution in [0.15, 0.2) is 66.9 Å². The minimum Gasteiger partial charge on any atom is -0.491 e. The van der Waals surface area contributed by atoms with Gasteiger partial charge >= 0.3 is 6.18 Å². The standard InChI is InChI=1S/C43H52F3N3O9S/c1-42(2)11-9-35-37(28-42)59-41(38(35)36-27-32(10-12-47-36)39(51)48-29-30-5-3-7-33(25-30)43(44,45)46)49-40(52)31-6-4-8-34(26-31)58-24-23-57-22-21-56-20-19-55-18-17-54-16-15-53-14-13-50/h3-8,10,12,25-27,50H,9,11,13-24,28-29H2,1-2H3,(H,48,51)(H,49,52). The van der Waals surface area contributed by atoms with Gasteiger partial charge in [0.25, 0.3) is 11.8 Å². The maximum absolute atomic E-state index is 13.7. The van der Waals surface area contributed by atoms with Gasteiger partial charge in [-0.15, -0.1) is 11.3 Å². The molecule has 4 aromatic rings. The Labute approximate surface area is 346 Å². The number of thiophene rings is 1. The van der Waals surface area contributed by atoms with E-state index in [-0.39, 0.29) is 31.1 Å². The molecule has 2 aromatic heterocycles. The summed E-state index contributed by atoms with van der Waals surface area (Å²) in [7, 11) is 0. The van der Waals surface area contributed by atoms with Crippen LogP contribution in [0.1, 0.15) is 62.6 Å². The van der Waals surface area contributed by atoms with Crippen molar-refractivity contribution in [3.63, 3.8) is 0 Å². The fourth-order valence-corrected chi connectivity index (χ4v) is 7.79. The topological polar surface area (TPSA) is 147 Å². The zero-order valence-corrected chi connectivity index (χ0v) is 34.2. The van der Waals surface area contributed by atoms with Crippen LogP contribution in [-0.4, -0.2) is 101 Å². The maximum atomic E-state index is 13.7. The van der Waals surface area contributed by atoms with Gasteiger partial charge in [0.05, 0.1) is 83.9 Å². The highest BCUT2D eigenvalue weighted by Gasteiger charge is 2.32. The van der Waals surface area contributed by atoms with E-state index in [9.17, 15) is 22.8 Å². The summed E-state index contributed by atoms with van der Waals surface area (Å²) >= 11 is 1.50. The molecule has 320 valence electrons. The van der Waals surface area contributed by atoms with Crippen LogP contribution in [0.4, 0.5) is 18.2 Å². The fraction of sp³-hybridized carbons (Fsp3) is 0.465. The Morgan fingerprint density at radius 2 is 1.42 bits per heavy atom. The van der Waals surface area contributed by atoms with E-state index >= 15 is 0 Å². The van der Waals surface area contributed by atoms with Crippen LogP contribution in [0.3, 0.4) is 0 Å². The van der Waals surface area contributed by atoms with E-state index in [4.69, 9.17) is 33.5 Å². The van der Waals surface area contributed by atoms with Crippen molar-refractivity contribution in [2.24, 2.45) is 5.41 Å². The van der Waals surface area contributed by atoms with Crippen molar-refractivity contribution in [2.75, 3.05) is 84.6 Å². The summed E-state index contributed by atoms with van der Waals surface area (Å²) in [5, 5.41) is 15.1. The number of halogens is 3. The number of alkyl halides is 3. The Morgan fingerprint density at radius 1 is 0.797 bits per heavy atom. The van der Waals surface area contributed by atoms with Gasteiger partial charge < -0.3 is 44.2 Å². The zero-order chi connectivity index (χ0) is 42.1. The van der Waals surface area contributed by atoms with Crippen LogP contribution in [0, 0.1) is 5.41 Å². The van der Waals surface area contributed by atoms with Crippen molar-refractivity contribution < 1.29 is 56.3 Å². The minimum atomic E-state index is -4.49. The lowest BCUT2D eigenvalue weighted by atomic mass is 9.76. The van der Waals surface area contributed by atoms with Crippen LogP contribution in [0.2, 0.25) is 0 Å². The van der Waals surface area contributed by atoms with Gasteiger partial charge in [-0.1, -0.05) is 32.0 Å². The SMILES string of the molecule is CC1(C)CCc2c(sc(NC(=O)c3cccc(OCCOCCOCCOCCOCCOCCO)c3)c2-c2cc(C(=O)NCc3cccc(C(F)(F)F)c3)ccn2)C1. The van der Waals surface area contributed by atoms with Gasteiger partial charge in [0.2, 0.25) is 0 Å². The van der Waals surface area contributed by atoms with Gasteiger partial charge in [0, 0.05) is 34.3 Å². The summed E-state index contributed by atoms with van der Waals surface area (Å²) in [4.78, 5) is 32.7. The Kier molecular flexibility index (Phi) is 17.7. The largest absolute Gasteiger partial charge is 0.491 e. The van der Waals surface area contributed by atoms with E-state index in [1.54, 1.807) is 36.4 Å². The smallest absolute Gasteiger partial charge is 0.416 e. The molecule has 0 saturated heterocycles. The van der Waals surface area contributed by atoms with Crippen LogP contribution < -0.4 is 15.4 Å². The Morgan fingerprint density at radius 3 is 2.08 bits per heavy atom. The summed E-state index contributed by atoms with van der Waals surface area (Å²) in [6.45, 7) is 8.66. The van der Waals surface area contributed by atoms with Gasteiger partial charge in [0.1, 0.15) is 17.4 Å². The number of anilines is 1. The van der Waals surface area contributed by atoms with Crippen LogP contribution in [0.5, 0.6) is 5.75 Å². The molecule has 2 amide bonds. The summed E-state index contributed by atoms with van der Waals surface area (Å²) in [5.74, 6) is -0.289.